The van der Waals surface area contributed by atoms with Gasteiger partial charge < -0.3 is 10.1 Å². The first-order chi connectivity index (χ1) is 6.64. The molecule has 0 aliphatic heterocycles. The first kappa shape index (κ1) is 11.7. The van der Waals surface area contributed by atoms with Crippen LogP contribution in [-0.4, -0.2) is 20.2 Å². The molecule has 0 aliphatic carbocycles. The van der Waals surface area contributed by atoms with Crippen LogP contribution in [0.4, 0.5) is 0 Å². The molecular weight excluding hydrogens is 194 g/mol. The topological polar surface area (TPSA) is 21.3 Å². The summed E-state index contributed by atoms with van der Waals surface area (Å²) in [7, 11) is 1.97. The van der Waals surface area contributed by atoms with Gasteiger partial charge in [0.25, 0.3) is 0 Å². The van der Waals surface area contributed by atoms with Crippen molar-refractivity contribution in [3.8, 4) is 0 Å². The SMILES string of the molecule is CNCC(C)(C)COCc1cccs1. The van der Waals surface area contributed by atoms with Crippen LogP contribution >= 0.6 is 11.3 Å². The third-order valence-electron chi connectivity index (χ3n) is 1.97. The quantitative estimate of drug-likeness (QED) is 0.784. The molecule has 1 rings (SSSR count). The van der Waals surface area contributed by atoms with Crippen LogP contribution in [0.5, 0.6) is 0 Å². The minimum absolute atomic E-state index is 0.214. The maximum Gasteiger partial charge on any atom is 0.0809 e. The van der Waals surface area contributed by atoms with Crippen molar-refractivity contribution in [2.75, 3.05) is 20.2 Å². The smallest absolute Gasteiger partial charge is 0.0809 e. The van der Waals surface area contributed by atoms with Crippen LogP contribution in [-0.2, 0) is 11.3 Å². The molecule has 1 aromatic rings. The minimum Gasteiger partial charge on any atom is -0.375 e. The average molecular weight is 213 g/mol. The van der Waals surface area contributed by atoms with Gasteiger partial charge in [0, 0.05) is 16.8 Å². The van der Waals surface area contributed by atoms with Crippen LogP contribution in [0.3, 0.4) is 0 Å². The van der Waals surface area contributed by atoms with Gasteiger partial charge in [-0.2, -0.15) is 0 Å². The molecule has 0 saturated carbocycles. The lowest BCUT2D eigenvalue weighted by molar-refractivity contribution is 0.0536. The van der Waals surface area contributed by atoms with E-state index in [0.29, 0.717) is 0 Å². The number of ether oxygens (including phenoxy) is 1. The highest BCUT2D eigenvalue weighted by Crippen LogP contribution is 2.16. The van der Waals surface area contributed by atoms with Gasteiger partial charge in [-0.15, -0.1) is 11.3 Å². The van der Waals surface area contributed by atoms with Crippen molar-refractivity contribution in [3.63, 3.8) is 0 Å². The van der Waals surface area contributed by atoms with Crippen LogP contribution in [0.2, 0.25) is 0 Å². The highest BCUT2D eigenvalue weighted by atomic mass is 32.1. The second-order valence-corrected chi connectivity index (χ2v) is 5.30. The van der Waals surface area contributed by atoms with Crippen LogP contribution < -0.4 is 5.32 Å². The summed E-state index contributed by atoms with van der Waals surface area (Å²) in [6, 6.07) is 4.16. The molecule has 1 N–H and O–H groups in total. The van der Waals surface area contributed by atoms with Crippen molar-refractivity contribution >= 4 is 11.3 Å². The summed E-state index contributed by atoms with van der Waals surface area (Å²) in [6.45, 7) is 6.93. The standard InChI is InChI=1S/C11H19NOS/c1-11(2,8-12-3)9-13-7-10-5-4-6-14-10/h4-6,12H,7-9H2,1-3H3. The average Bonchev–Trinajstić information content (AvgIpc) is 2.56. The molecule has 0 aliphatic rings. The fourth-order valence-electron chi connectivity index (χ4n) is 1.35. The third-order valence-corrected chi connectivity index (χ3v) is 2.82. The molecule has 0 bridgehead atoms. The van der Waals surface area contributed by atoms with E-state index in [1.54, 1.807) is 11.3 Å². The van der Waals surface area contributed by atoms with E-state index in [9.17, 15) is 0 Å². The molecule has 1 aromatic heterocycles. The Bertz CT molecular complexity index is 244. The molecule has 0 aromatic carbocycles. The van der Waals surface area contributed by atoms with Gasteiger partial charge in [0.2, 0.25) is 0 Å². The summed E-state index contributed by atoms with van der Waals surface area (Å²) in [5, 5.41) is 5.26. The van der Waals surface area contributed by atoms with Crippen molar-refractivity contribution in [1.29, 1.82) is 0 Å². The van der Waals surface area contributed by atoms with Crippen LogP contribution in [0.25, 0.3) is 0 Å². The Morgan fingerprint density at radius 2 is 2.29 bits per heavy atom. The van der Waals surface area contributed by atoms with Crippen LogP contribution in [0.15, 0.2) is 17.5 Å². The Morgan fingerprint density at radius 1 is 1.50 bits per heavy atom. The fraction of sp³-hybridized carbons (Fsp3) is 0.636. The molecule has 0 fully saturated rings. The Labute approximate surface area is 90.3 Å². The highest BCUT2D eigenvalue weighted by Gasteiger charge is 2.16. The molecule has 0 saturated heterocycles. The maximum atomic E-state index is 5.67. The second-order valence-electron chi connectivity index (χ2n) is 4.27. The molecule has 0 radical (unpaired) electrons. The summed E-state index contributed by atoms with van der Waals surface area (Å²) in [5.74, 6) is 0. The van der Waals surface area contributed by atoms with E-state index in [-0.39, 0.29) is 5.41 Å². The van der Waals surface area contributed by atoms with E-state index in [4.69, 9.17) is 4.74 Å². The lowest BCUT2D eigenvalue weighted by Gasteiger charge is -2.23. The highest BCUT2D eigenvalue weighted by molar-refractivity contribution is 7.09. The van der Waals surface area contributed by atoms with Gasteiger partial charge in [0.1, 0.15) is 0 Å². The number of nitrogens with one attached hydrogen (secondary N) is 1. The van der Waals surface area contributed by atoms with Gasteiger partial charge in [-0.25, -0.2) is 0 Å². The lowest BCUT2D eigenvalue weighted by Crippen LogP contribution is -2.31. The summed E-state index contributed by atoms with van der Waals surface area (Å²) in [6.07, 6.45) is 0. The lowest BCUT2D eigenvalue weighted by atomic mass is 9.95. The van der Waals surface area contributed by atoms with Crippen molar-refractivity contribution in [2.24, 2.45) is 5.41 Å². The first-order valence-corrected chi connectivity index (χ1v) is 5.77. The molecule has 0 unspecified atom stereocenters. The zero-order valence-electron chi connectivity index (χ0n) is 9.17. The van der Waals surface area contributed by atoms with Gasteiger partial charge in [-0.05, 0) is 18.5 Å². The van der Waals surface area contributed by atoms with Gasteiger partial charge >= 0.3 is 0 Å². The monoisotopic (exact) mass is 213 g/mol. The van der Waals surface area contributed by atoms with E-state index in [1.807, 2.05) is 7.05 Å². The molecule has 80 valence electrons. The van der Waals surface area contributed by atoms with Gasteiger partial charge in [0.05, 0.1) is 13.2 Å². The largest absolute Gasteiger partial charge is 0.375 e. The predicted octanol–water partition coefficient (Wildman–Crippen LogP) is 2.51. The van der Waals surface area contributed by atoms with Crippen molar-refractivity contribution in [3.05, 3.63) is 22.4 Å². The first-order valence-electron chi connectivity index (χ1n) is 4.89. The minimum atomic E-state index is 0.214. The van der Waals surface area contributed by atoms with E-state index in [2.05, 4.69) is 36.7 Å². The number of thiophene rings is 1. The molecule has 0 spiro atoms. The summed E-state index contributed by atoms with van der Waals surface area (Å²) < 4.78 is 5.67. The van der Waals surface area contributed by atoms with E-state index in [0.717, 1.165) is 19.8 Å². The molecule has 14 heavy (non-hydrogen) atoms. The van der Waals surface area contributed by atoms with Crippen molar-refractivity contribution in [2.45, 2.75) is 20.5 Å². The Balaban J connectivity index is 2.20. The zero-order valence-corrected chi connectivity index (χ0v) is 9.99. The summed E-state index contributed by atoms with van der Waals surface area (Å²) in [5.41, 5.74) is 0.214. The van der Waals surface area contributed by atoms with E-state index < -0.39 is 0 Å². The number of hydrogen-bond donors (Lipinski definition) is 1. The van der Waals surface area contributed by atoms with Crippen LogP contribution in [0.1, 0.15) is 18.7 Å². The molecule has 1 heterocycles. The van der Waals surface area contributed by atoms with Gasteiger partial charge in [-0.1, -0.05) is 19.9 Å². The van der Waals surface area contributed by atoms with Crippen molar-refractivity contribution < 1.29 is 4.74 Å². The van der Waals surface area contributed by atoms with Crippen LogP contribution in [0, 0.1) is 5.41 Å². The molecule has 0 amide bonds. The number of hydrogen-bond acceptors (Lipinski definition) is 3. The molecule has 2 nitrogen and oxygen atoms in total. The normalized spacial score (nSPS) is 11.9. The second kappa shape index (κ2) is 5.49. The summed E-state index contributed by atoms with van der Waals surface area (Å²) in [4.78, 5) is 1.30. The third kappa shape index (κ3) is 4.22. The Kier molecular flexibility index (Phi) is 4.58. The maximum absolute atomic E-state index is 5.67. The number of rotatable bonds is 6. The molecular formula is C11H19NOS. The van der Waals surface area contributed by atoms with Gasteiger partial charge in [0.15, 0.2) is 0 Å². The van der Waals surface area contributed by atoms with E-state index >= 15 is 0 Å². The van der Waals surface area contributed by atoms with E-state index in [1.165, 1.54) is 4.88 Å². The predicted molar refractivity (Wildman–Crippen MR) is 61.7 cm³/mol. The molecule has 0 atom stereocenters. The van der Waals surface area contributed by atoms with Gasteiger partial charge in [-0.3, -0.25) is 0 Å². The van der Waals surface area contributed by atoms with Crippen molar-refractivity contribution in [1.82, 2.24) is 5.32 Å². The Morgan fingerprint density at radius 3 is 2.86 bits per heavy atom. The summed E-state index contributed by atoms with van der Waals surface area (Å²) >= 11 is 1.75. The zero-order chi connectivity index (χ0) is 10.4. The molecule has 3 heteroatoms. The fourth-order valence-corrected chi connectivity index (χ4v) is 1.99. The Hall–Kier alpha value is -0.380.